The van der Waals surface area contributed by atoms with Crippen molar-refractivity contribution in [2.75, 3.05) is 21.1 Å². The van der Waals surface area contributed by atoms with E-state index in [-0.39, 0.29) is 5.78 Å². The number of Topliss-reactive ketones (excluding diaryl/α,β-unsaturated/α-hetero) is 1. The fraction of sp³-hybridized carbons (Fsp3) is 0.571. The summed E-state index contributed by atoms with van der Waals surface area (Å²) >= 11 is 0. The van der Waals surface area contributed by atoms with Crippen LogP contribution in [-0.2, 0) is 4.79 Å². The van der Waals surface area contributed by atoms with Crippen molar-refractivity contribution in [3.63, 3.8) is 0 Å². The van der Waals surface area contributed by atoms with E-state index >= 15 is 0 Å². The van der Waals surface area contributed by atoms with Gasteiger partial charge in [-0.1, -0.05) is 0 Å². The minimum atomic E-state index is 0.0694. The molecule has 2 aliphatic carbocycles. The Balaban J connectivity index is 2.35. The molecule has 0 heterocycles. The Labute approximate surface area is 108 Å². The summed E-state index contributed by atoms with van der Waals surface area (Å²) in [4.78, 5) is 18.7. The van der Waals surface area contributed by atoms with Crippen molar-refractivity contribution < 1.29 is 4.79 Å². The maximum atomic E-state index is 12.5. The molecule has 0 aromatic rings. The molecule has 1 fully saturated rings. The molecular formula is C14H21N3O. The van der Waals surface area contributed by atoms with Crippen LogP contribution in [-0.4, -0.2) is 37.5 Å². The molecule has 4 heteroatoms. The van der Waals surface area contributed by atoms with E-state index in [0.29, 0.717) is 17.2 Å². The predicted octanol–water partition coefficient (Wildman–Crippen LogP) is 1.49. The first-order valence-corrected chi connectivity index (χ1v) is 6.42. The van der Waals surface area contributed by atoms with Crippen molar-refractivity contribution >= 4 is 11.5 Å². The average molecular weight is 247 g/mol. The molecule has 4 nitrogen and oxygen atoms in total. The third-order valence-corrected chi connectivity index (χ3v) is 3.38. The molecule has 1 saturated carbocycles. The lowest BCUT2D eigenvalue weighted by Crippen LogP contribution is -2.26. The number of nitrogens with zero attached hydrogens (tertiary/aromatic N) is 2. The molecule has 0 aliphatic heterocycles. The van der Waals surface area contributed by atoms with Crippen LogP contribution in [0, 0.1) is 5.92 Å². The molecule has 2 rings (SSSR count). The average Bonchev–Trinajstić information content (AvgIpc) is 3.12. The molecule has 0 bridgehead atoms. The maximum Gasteiger partial charge on any atom is 0.194 e. The number of hydrogen-bond donors (Lipinski definition) is 1. The van der Waals surface area contributed by atoms with Gasteiger partial charge in [0.2, 0.25) is 0 Å². The van der Waals surface area contributed by atoms with Crippen molar-refractivity contribution in [2.24, 2.45) is 16.6 Å². The van der Waals surface area contributed by atoms with Gasteiger partial charge in [-0.2, -0.15) is 0 Å². The highest BCUT2D eigenvalue weighted by atomic mass is 16.1. The Morgan fingerprint density at radius 2 is 2.06 bits per heavy atom. The van der Waals surface area contributed by atoms with Gasteiger partial charge in [-0.25, -0.2) is 0 Å². The van der Waals surface area contributed by atoms with Crippen LogP contribution < -0.4 is 5.73 Å². The lowest BCUT2D eigenvalue weighted by molar-refractivity contribution is -0.112. The van der Waals surface area contributed by atoms with E-state index in [1.165, 1.54) is 0 Å². The first-order valence-electron chi connectivity index (χ1n) is 6.42. The maximum absolute atomic E-state index is 12.5. The zero-order valence-corrected chi connectivity index (χ0v) is 11.4. The van der Waals surface area contributed by atoms with Gasteiger partial charge in [0.25, 0.3) is 0 Å². The number of nitrogens with two attached hydrogens (primary N) is 1. The SMILES string of the molecule is CN=C(C1=C(N)CC/C(=C\N(C)C)C1=O)C1CC1. The number of ketones is 1. The van der Waals surface area contributed by atoms with Crippen LogP contribution in [0.15, 0.2) is 28.0 Å². The van der Waals surface area contributed by atoms with Crippen LogP contribution in [0.3, 0.4) is 0 Å². The summed E-state index contributed by atoms with van der Waals surface area (Å²) in [6, 6.07) is 0. The molecule has 98 valence electrons. The number of carbonyl (C=O) groups is 1. The smallest absolute Gasteiger partial charge is 0.194 e. The van der Waals surface area contributed by atoms with E-state index in [0.717, 1.165) is 37.0 Å². The van der Waals surface area contributed by atoms with Gasteiger partial charge in [0.1, 0.15) is 0 Å². The number of allylic oxidation sites excluding steroid dienone is 3. The molecule has 0 unspecified atom stereocenters. The van der Waals surface area contributed by atoms with Crippen LogP contribution in [0.5, 0.6) is 0 Å². The zero-order valence-electron chi connectivity index (χ0n) is 11.4. The summed E-state index contributed by atoms with van der Waals surface area (Å²) in [5, 5.41) is 0. The number of aliphatic imine (C=N–C) groups is 1. The normalized spacial score (nSPS) is 23.8. The van der Waals surface area contributed by atoms with Crippen LogP contribution in [0.2, 0.25) is 0 Å². The number of rotatable bonds is 3. The van der Waals surface area contributed by atoms with Gasteiger partial charge in [-0.15, -0.1) is 0 Å². The van der Waals surface area contributed by atoms with Gasteiger partial charge >= 0.3 is 0 Å². The van der Waals surface area contributed by atoms with Crippen LogP contribution in [0.25, 0.3) is 0 Å². The zero-order chi connectivity index (χ0) is 13.3. The minimum Gasteiger partial charge on any atom is -0.401 e. The van der Waals surface area contributed by atoms with E-state index < -0.39 is 0 Å². The monoisotopic (exact) mass is 247 g/mol. The highest BCUT2D eigenvalue weighted by Crippen LogP contribution is 2.36. The van der Waals surface area contributed by atoms with Crippen molar-refractivity contribution in [3.8, 4) is 0 Å². The Morgan fingerprint density at radius 3 is 2.56 bits per heavy atom. The van der Waals surface area contributed by atoms with E-state index in [4.69, 9.17) is 5.73 Å². The van der Waals surface area contributed by atoms with Crippen molar-refractivity contribution in [1.82, 2.24) is 4.90 Å². The lowest BCUT2D eigenvalue weighted by atomic mass is 9.86. The highest BCUT2D eigenvalue weighted by Gasteiger charge is 2.35. The Bertz CT molecular complexity index is 454. The molecule has 2 N–H and O–H groups in total. The molecule has 0 spiro atoms. The molecule has 18 heavy (non-hydrogen) atoms. The Kier molecular flexibility index (Phi) is 3.55. The topological polar surface area (TPSA) is 58.7 Å². The van der Waals surface area contributed by atoms with Crippen LogP contribution in [0.4, 0.5) is 0 Å². The van der Waals surface area contributed by atoms with E-state index in [2.05, 4.69) is 4.99 Å². The molecule has 0 amide bonds. The summed E-state index contributed by atoms with van der Waals surface area (Å²) in [7, 11) is 5.61. The second kappa shape index (κ2) is 4.96. The highest BCUT2D eigenvalue weighted by molar-refractivity contribution is 6.29. The van der Waals surface area contributed by atoms with Gasteiger partial charge in [0, 0.05) is 44.5 Å². The van der Waals surface area contributed by atoms with Gasteiger partial charge in [0.05, 0.1) is 11.3 Å². The summed E-state index contributed by atoms with van der Waals surface area (Å²) in [5.41, 5.74) is 9.19. The third kappa shape index (κ3) is 2.47. The van der Waals surface area contributed by atoms with Crippen molar-refractivity contribution in [1.29, 1.82) is 0 Å². The van der Waals surface area contributed by atoms with Crippen molar-refractivity contribution in [2.45, 2.75) is 25.7 Å². The summed E-state index contributed by atoms with van der Waals surface area (Å²) < 4.78 is 0. The molecule has 0 aromatic carbocycles. The first kappa shape index (κ1) is 12.9. The Hall–Kier alpha value is -1.58. The predicted molar refractivity (Wildman–Crippen MR) is 73.3 cm³/mol. The van der Waals surface area contributed by atoms with E-state index in [9.17, 15) is 4.79 Å². The second-order valence-electron chi connectivity index (χ2n) is 5.23. The van der Waals surface area contributed by atoms with Gasteiger partial charge in [-0.05, 0) is 25.7 Å². The molecule has 0 saturated heterocycles. The quantitative estimate of drug-likeness (QED) is 0.607. The second-order valence-corrected chi connectivity index (χ2v) is 5.23. The molecular weight excluding hydrogens is 226 g/mol. The number of carbonyl (C=O) groups excluding carboxylic acids is 1. The van der Waals surface area contributed by atoms with E-state index in [1.807, 2.05) is 25.2 Å². The third-order valence-electron chi connectivity index (χ3n) is 3.38. The van der Waals surface area contributed by atoms with Crippen LogP contribution >= 0.6 is 0 Å². The summed E-state index contributed by atoms with van der Waals surface area (Å²) in [5.74, 6) is 0.520. The first-order chi connectivity index (χ1) is 8.54. The minimum absolute atomic E-state index is 0.0694. The molecule has 0 radical (unpaired) electrons. The molecule has 0 atom stereocenters. The summed E-state index contributed by atoms with van der Waals surface area (Å²) in [6.45, 7) is 0. The summed E-state index contributed by atoms with van der Waals surface area (Å²) in [6.07, 6.45) is 5.64. The Morgan fingerprint density at radius 1 is 1.39 bits per heavy atom. The van der Waals surface area contributed by atoms with Gasteiger partial charge < -0.3 is 10.6 Å². The van der Waals surface area contributed by atoms with Crippen LogP contribution in [0.1, 0.15) is 25.7 Å². The fourth-order valence-electron chi connectivity index (χ4n) is 2.39. The van der Waals surface area contributed by atoms with E-state index in [1.54, 1.807) is 7.05 Å². The standard InChI is InChI=1S/C14H21N3O/c1-16-13(9-4-5-9)12-11(15)7-6-10(14(12)18)8-17(2)3/h8-9H,4-7,15H2,1-3H3/b10-8+,16-13?. The van der Waals surface area contributed by atoms with Crippen molar-refractivity contribution in [3.05, 3.63) is 23.0 Å². The van der Waals surface area contributed by atoms with Gasteiger partial charge in [-0.3, -0.25) is 9.79 Å². The lowest BCUT2D eigenvalue weighted by Gasteiger charge is -2.21. The van der Waals surface area contributed by atoms with Gasteiger partial charge in [0.15, 0.2) is 5.78 Å². The molecule has 0 aromatic heterocycles. The fourth-order valence-corrected chi connectivity index (χ4v) is 2.39. The molecule has 2 aliphatic rings. The number of hydrogen-bond acceptors (Lipinski definition) is 4. The largest absolute Gasteiger partial charge is 0.401 e.